The fraction of sp³-hybridized carbons (Fsp3) is 0.571. The monoisotopic (exact) mass is 380 g/mol. The second-order valence-corrected chi connectivity index (χ2v) is 6.51. The number of carbonyl (C=O) groups is 3. The zero-order valence-corrected chi connectivity index (χ0v) is 17.5. The smallest absolute Gasteiger partial charge is 0.255 e. The largest absolute Gasteiger partial charge is 0.357 e. The Hall–Kier alpha value is -2.24. The summed E-state index contributed by atoms with van der Waals surface area (Å²) in [6, 6.07) is -0.852. The van der Waals surface area contributed by atoms with Crippen LogP contribution in [0.3, 0.4) is 0 Å². The molecular formula is C21H33FN2O3. The number of carbonyl (C=O) groups excluding carboxylic acids is 3. The molecule has 0 bridgehead atoms. The molecule has 0 aromatic rings. The third-order valence-electron chi connectivity index (χ3n) is 4.71. The van der Waals surface area contributed by atoms with E-state index in [-0.39, 0.29) is 24.3 Å². The Kier molecular flexibility index (Phi) is 11.2. The lowest BCUT2D eigenvalue weighted by Crippen LogP contribution is -2.49. The van der Waals surface area contributed by atoms with Gasteiger partial charge in [-0.3, -0.25) is 14.0 Å². The number of rotatable bonds is 7. The summed E-state index contributed by atoms with van der Waals surface area (Å²) in [6.07, 6.45) is 7.22. The van der Waals surface area contributed by atoms with Crippen molar-refractivity contribution in [1.82, 2.24) is 10.2 Å². The number of hydrogen-bond donors (Lipinski definition) is 1. The molecular weight excluding hydrogens is 347 g/mol. The van der Waals surface area contributed by atoms with Crippen LogP contribution < -0.4 is 5.32 Å². The van der Waals surface area contributed by atoms with Gasteiger partial charge in [0.25, 0.3) is 5.91 Å². The van der Waals surface area contributed by atoms with E-state index >= 15 is 0 Å². The standard InChI is InChI=1S/C20H30N2O3.CH3F/c1-7-15(13(3)4)12-17-16(8-2)14(5)22(20(17)25)18(10-9-11-23)19(24)21-6;1-2/h7-8,11-14,18H,9-10H2,1-6H3,(H,21,24);1H3/b15-7+,16-8-,17-12+;. The third kappa shape index (κ3) is 5.88. The van der Waals surface area contributed by atoms with Gasteiger partial charge in [-0.2, -0.15) is 0 Å². The van der Waals surface area contributed by atoms with Gasteiger partial charge >= 0.3 is 0 Å². The first-order valence-corrected chi connectivity index (χ1v) is 9.24. The van der Waals surface area contributed by atoms with Crippen LogP contribution >= 0.6 is 0 Å². The average Bonchev–Trinajstić information content (AvgIpc) is 2.90. The lowest BCUT2D eigenvalue weighted by molar-refractivity contribution is -0.137. The number of likely N-dealkylation sites (N-methyl/N-ethyl adjacent to an activating group) is 1. The zero-order valence-electron chi connectivity index (χ0n) is 17.5. The zero-order chi connectivity index (χ0) is 21.1. The first-order chi connectivity index (χ1) is 12.8. The van der Waals surface area contributed by atoms with Crippen LogP contribution in [-0.2, 0) is 14.4 Å². The van der Waals surface area contributed by atoms with E-state index < -0.39 is 6.04 Å². The highest BCUT2D eigenvalue weighted by Crippen LogP contribution is 2.34. The number of allylic oxidation sites excluding steroid dienone is 4. The molecule has 1 N–H and O–H groups in total. The van der Waals surface area contributed by atoms with Crippen LogP contribution in [0.25, 0.3) is 0 Å². The number of likely N-dealkylation sites (tertiary alicyclic amines) is 1. The molecule has 5 nitrogen and oxygen atoms in total. The van der Waals surface area contributed by atoms with Gasteiger partial charge in [-0.25, -0.2) is 0 Å². The van der Waals surface area contributed by atoms with Gasteiger partial charge in [0.15, 0.2) is 0 Å². The van der Waals surface area contributed by atoms with Crippen molar-refractivity contribution in [2.45, 2.75) is 59.5 Å². The summed E-state index contributed by atoms with van der Waals surface area (Å²) in [5.41, 5.74) is 2.64. The molecule has 6 heteroatoms. The van der Waals surface area contributed by atoms with Crippen LogP contribution in [0.4, 0.5) is 4.39 Å². The molecule has 1 aliphatic rings. The second kappa shape index (κ2) is 12.2. The number of nitrogens with zero attached hydrogens (tertiary/aromatic N) is 1. The molecule has 0 spiro atoms. The summed E-state index contributed by atoms with van der Waals surface area (Å²) >= 11 is 0. The van der Waals surface area contributed by atoms with Crippen LogP contribution in [0.1, 0.15) is 47.5 Å². The maximum absolute atomic E-state index is 13.1. The average molecular weight is 381 g/mol. The van der Waals surface area contributed by atoms with Crippen molar-refractivity contribution in [3.8, 4) is 0 Å². The van der Waals surface area contributed by atoms with E-state index in [0.717, 1.165) is 17.4 Å². The van der Waals surface area contributed by atoms with Gasteiger partial charge in [-0.05, 0) is 50.3 Å². The molecule has 0 radical (unpaired) electrons. The molecule has 2 unspecified atom stereocenters. The van der Waals surface area contributed by atoms with Gasteiger partial charge in [0.2, 0.25) is 5.91 Å². The first-order valence-electron chi connectivity index (χ1n) is 9.24. The highest BCUT2D eigenvalue weighted by molar-refractivity contribution is 6.04. The van der Waals surface area contributed by atoms with E-state index in [1.54, 1.807) is 11.9 Å². The van der Waals surface area contributed by atoms with E-state index in [9.17, 15) is 18.8 Å². The molecule has 2 atom stereocenters. The molecule has 0 aliphatic carbocycles. The number of alkyl halides is 1. The van der Waals surface area contributed by atoms with Gasteiger partial charge in [0, 0.05) is 19.0 Å². The van der Waals surface area contributed by atoms with Gasteiger partial charge in [-0.1, -0.05) is 26.0 Å². The SMILES string of the molecule is CF.C\C=C(/C=C1/C(=O)N(C(CCC=O)C(=O)NC)C(C)/C1=C/C)C(C)C. The summed E-state index contributed by atoms with van der Waals surface area (Å²) in [7, 11) is 2.05. The van der Waals surface area contributed by atoms with Crippen molar-refractivity contribution in [3.05, 3.63) is 34.9 Å². The van der Waals surface area contributed by atoms with Gasteiger partial charge in [0.05, 0.1) is 13.2 Å². The minimum atomic E-state index is -0.647. The Bertz CT molecular complexity index is 621. The quantitative estimate of drug-likeness (QED) is 0.544. The fourth-order valence-corrected chi connectivity index (χ4v) is 3.31. The summed E-state index contributed by atoms with van der Waals surface area (Å²) in [4.78, 5) is 37.8. The van der Waals surface area contributed by atoms with E-state index in [4.69, 9.17) is 0 Å². The topological polar surface area (TPSA) is 66.5 Å². The Morgan fingerprint density at radius 1 is 1.30 bits per heavy atom. The van der Waals surface area contributed by atoms with Crippen LogP contribution in [0, 0.1) is 5.92 Å². The summed E-state index contributed by atoms with van der Waals surface area (Å²) in [5.74, 6) is -0.0912. The minimum absolute atomic E-state index is 0.153. The van der Waals surface area contributed by atoms with Crippen molar-refractivity contribution in [3.63, 3.8) is 0 Å². The Balaban J connectivity index is 0.00000326. The van der Waals surface area contributed by atoms with E-state index in [0.29, 0.717) is 25.1 Å². The number of nitrogens with one attached hydrogen (secondary N) is 1. The van der Waals surface area contributed by atoms with Crippen LogP contribution in [0.5, 0.6) is 0 Å². The van der Waals surface area contributed by atoms with Crippen molar-refractivity contribution in [2.24, 2.45) is 5.92 Å². The van der Waals surface area contributed by atoms with Crippen LogP contribution in [-0.4, -0.2) is 49.3 Å². The lowest BCUT2D eigenvalue weighted by atomic mass is 9.96. The number of aldehydes is 1. The molecule has 2 amide bonds. The molecule has 1 aliphatic heterocycles. The molecule has 1 fully saturated rings. The van der Waals surface area contributed by atoms with E-state index in [1.165, 1.54) is 0 Å². The minimum Gasteiger partial charge on any atom is -0.357 e. The maximum atomic E-state index is 13.1. The molecule has 1 heterocycles. The summed E-state index contributed by atoms with van der Waals surface area (Å²) in [5, 5.41) is 2.61. The van der Waals surface area contributed by atoms with Crippen molar-refractivity contribution >= 4 is 18.1 Å². The Morgan fingerprint density at radius 3 is 2.30 bits per heavy atom. The van der Waals surface area contributed by atoms with E-state index in [2.05, 4.69) is 19.2 Å². The predicted molar refractivity (Wildman–Crippen MR) is 107 cm³/mol. The normalized spacial score (nSPS) is 21.4. The lowest BCUT2D eigenvalue weighted by Gasteiger charge is -2.29. The van der Waals surface area contributed by atoms with E-state index in [1.807, 2.05) is 39.0 Å². The highest BCUT2D eigenvalue weighted by atomic mass is 19.1. The Labute approximate surface area is 162 Å². The highest BCUT2D eigenvalue weighted by Gasteiger charge is 2.42. The number of halogens is 1. The van der Waals surface area contributed by atoms with Gasteiger partial charge in [-0.15, -0.1) is 0 Å². The van der Waals surface area contributed by atoms with Crippen molar-refractivity contribution in [2.75, 3.05) is 14.2 Å². The number of amides is 2. The third-order valence-corrected chi connectivity index (χ3v) is 4.71. The molecule has 0 aromatic carbocycles. The first kappa shape index (κ1) is 24.8. The second-order valence-electron chi connectivity index (χ2n) is 6.51. The van der Waals surface area contributed by atoms with Gasteiger partial charge in [0.1, 0.15) is 12.3 Å². The molecule has 27 heavy (non-hydrogen) atoms. The summed E-state index contributed by atoms with van der Waals surface area (Å²) in [6.45, 7) is 9.95. The van der Waals surface area contributed by atoms with Gasteiger partial charge < -0.3 is 15.0 Å². The molecule has 0 aromatic heterocycles. The fourth-order valence-electron chi connectivity index (χ4n) is 3.31. The van der Waals surface area contributed by atoms with Crippen LogP contribution in [0.2, 0.25) is 0 Å². The van der Waals surface area contributed by atoms with Crippen molar-refractivity contribution in [1.29, 1.82) is 0 Å². The summed E-state index contributed by atoms with van der Waals surface area (Å²) < 4.78 is 9.50. The Morgan fingerprint density at radius 2 is 1.89 bits per heavy atom. The van der Waals surface area contributed by atoms with Crippen LogP contribution in [0.15, 0.2) is 34.9 Å². The molecule has 0 saturated carbocycles. The molecule has 152 valence electrons. The predicted octanol–water partition coefficient (Wildman–Crippen LogP) is 3.37. The number of hydrogen-bond acceptors (Lipinski definition) is 3. The molecule has 1 rings (SSSR count). The maximum Gasteiger partial charge on any atom is 0.255 e. The van der Waals surface area contributed by atoms with Crippen molar-refractivity contribution < 1.29 is 18.8 Å². The molecule has 1 saturated heterocycles.